The molecule has 0 saturated heterocycles. The Balaban J connectivity index is 2.13. The molecule has 1 amide bonds. The summed E-state index contributed by atoms with van der Waals surface area (Å²) in [5, 5.41) is 11.7. The number of carbonyl (C=O) groups excluding carboxylic acids is 1. The molecule has 0 saturated carbocycles. The molecule has 2 rings (SSSR count). The van der Waals surface area contributed by atoms with E-state index in [0.717, 1.165) is 5.56 Å². The summed E-state index contributed by atoms with van der Waals surface area (Å²) < 4.78 is 10.4. The predicted octanol–water partition coefficient (Wildman–Crippen LogP) is 3.90. The number of hydrogen-bond donors (Lipinski definition) is 2. The molecular weight excluding hydrogens is 366 g/mol. The number of methoxy groups -OCH3 is 1. The van der Waals surface area contributed by atoms with Crippen LogP contribution in [0.3, 0.4) is 0 Å². The molecule has 0 aliphatic rings. The number of carboxylic acids is 1. The highest BCUT2D eigenvalue weighted by atomic mass is 79.9. The molecule has 0 fully saturated rings. The molecule has 0 aromatic heterocycles. The van der Waals surface area contributed by atoms with E-state index < -0.39 is 12.1 Å². The molecule has 0 atom stereocenters. The maximum Gasteiger partial charge on any atom is 0.411 e. The minimum atomic E-state index is -1.18. The van der Waals surface area contributed by atoms with E-state index in [4.69, 9.17) is 9.47 Å². The average Bonchev–Trinajstić information content (AvgIpc) is 2.53. The normalized spacial score (nSPS) is 10.0. The highest BCUT2D eigenvalue weighted by Crippen LogP contribution is 2.31. The smallest absolute Gasteiger partial charge is 0.411 e. The molecule has 6 nitrogen and oxygen atoms in total. The first kappa shape index (κ1) is 16.8. The van der Waals surface area contributed by atoms with Crippen LogP contribution in [0.25, 0.3) is 0 Å². The van der Waals surface area contributed by atoms with Gasteiger partial charge in [0.25, 0.3) is 0 Å². The molecule has 120 valence electrons. The Morgan fingerprint density at radius 3 is 2.52 bits per heavy atom. The largest absolute Gasteiger partial charge is 0.497 e. The number of amides is 1. The molecule has 0 radical (unpaired) electrons. The van der Waals surface area contributed by atoms with E-state index in [2.05, 4.69) is 21.2 Å². The lowest BCUT2D eigenvalue weighted by Gasteiger charge is -2.12. The summed E-state index contributed by atoms with van der Waals surface area (Å²) >= 11 is 3.15. The van der Waals surface area contributed by atoms with Crippen molar-refractivity contribution in [2.24, 2.45) is 0 Å². The van der Waals surface area contributed by atoms with Crippen LogP contribution in [0.15, 0.2) is 46.9 Å². The lowest BCUT2D eigenvalue weighted by molar-refractivity contribution is 0.0697. The summed E-state index contributed by atoms with van der Waals surface area (Å²) in [6, 6.07) is 12.1. The molecule has 7 heteroatoms. The molecule has 23 heavy (non-hydrogen) atoms. The van der Waals surface area contributed by atoms with Crippen LogP contribution in [0.4, 0.5) is 10.5 Å². The number of ether oxygens (including phenoxy) is 2. The van der Waals surface area contributed by atoms with Crippen molar-refractivity contribution < 1.29 is 24.2 Å². The van der Waals surface area contributed by atoms with E-state index in [1.165, 1.54) is 19.2 Å². The van der Waals surface area contributed by atoms with Crippen molar-refractivity contribution in [2.75, 3.05) is 12.4 Å². The number of carbonyl (C=O) groups is 2. The fourth-order valence-corrected chi connectivity index (χ4v) is 2.49. The summed E-state index contributed by atoms with van der Waals surface area (Å²) in [6.45, 7) is 0.0835. The van der Waals surface area contributed by atoms with E-state index in [-0.39, 0.29) is 17.9 Å². The molecule has 2 N–H and O–H groups in total. The van der Waals surface area contributed by atoms with Crippen molar-refractivity contribution >= 4 is 33.7 Å². The third-order valence-electron chi connectivity index (χ3n) is 2.96. The van der Waals surface area contributed by atoms with Crippen LogP contribution in [0.2, 0.25) is 0 Å². The van der Waals surface area contributed by atoms with Gasteiger partial charge in [-0.25, -0.2) is 9.59 Å². The summed E-state index contributed by atoms with van der Waals surface area (Å²) in [6.07, 6.45) is -0.753. The van der Waals surface area contributed by atoms with Gasteiger partial charge < -0.3 is 14.6 Å². The minimum Gasteiger partial charge on any atom is -0.497 e. The van der Waals surface area contributed by atoms with E-state index in [1.807, 2.05) is 30.3 Å². The molecule has 0 heterocycles. The lowest BCUT2D eigenvalue weighted by atomic mass is 10.1. The van der Waals surface area contributed by atoms with Crippen LogP contribution in [-0.2, 0) is 11.3 Å². The number of rotatable bonds is 5. The van der Waals surface area contributed by atoms with Crippen molar-refractivity contribution in [3.63, 3.8) is 0 Å². The van der Waals surface area contributed by atoms with E-state index in [0.29, 0.717) is 10.2 Å². The van der Waals surface area contributed by atoms with Crippen LogP contribution in [0, 0.1) is 0 Å². The van der Waals surface area contributed by atoms with Gasteiger partial charge in [-0.05, 0) is 27.6 Å². The fraction of sp³-hybridized carbons (Fsp3) is 0.125. The van der Waals surface area contributed by atoms with Crippen LogP contribution < -0.4 is 10.1 Å². The van der Waals surface area contributed by atoms with Gasteiger partial charge in [-0.1, -0.05) is 30.3 Å². The summed E-state index contributed by atoms with van der Waals surface area (Å²) in [7, 11) is 1.44. The zero-order valence-electron chi connectivity index (χ0n) is 12.2. The number of anilines is 1. The van der Waals surface area contributed by atoms with Gasteiger partial charge in [0.1, 0.15) is 12.4 Å². The van der Waals surface area contributed by atoms with Gasteiger partial charge in [-0.15, -0.1) is 0 Å². The Morgan fingerprint density at radius 2 is 1.91 bits per heavy atom. The Bertz CT molecular complexity index is 718. The lowest BCUT2D eigenvalue weighted by Crippen LogP contribution is -2.16. The first-order valence-electron chi connectivity index (χ1n) is 6.59. The van der Waals surface area contributed by atoms with Crippen molar-refractivity contribution in [3.05, 3.63) is 58.1 Å². The van der Waals surface area contributed by atoms with Crippen LogP contribution in [0.1, 0.15) is 15.9 Å². The monoisotopic (exact) mass is 379 g/mol. The van der Waals surface area contributed by atoms with E-state index in [9.17, 15) is 14.7 Å². The Morgan fingerprint density at radius 1 is 1.22 bits per heavy atom. The highest BCUT2D eigenvalue weighted by molar-refractivity contribution is 9.10. The van der Waals surface area contributed by atoms with Gasteiger partial charge in [0.05, 0.1) is 18.4 Å². The van der Waals surface area contributed by atoms with Crippen molar-refractivity contribution in [3.8, 4) is 5.75 Å². The van der Waals surface area contributed by atoms with Crippen molar-refractivity contribution in [1.82, 2.24) is 0 Å². The topological polar surface area (TPSA) is 84.9 Å². The van der Waals surface area contributed by atoms with E-state index in [1.54, 1.807) is 0 Å². The maximum absolute atomic E-state index is 11.9. The highest BCUT2D eigenvalue weighted by Gasteiger charge is 2.18. The number of aromatic carboxylic acids is 1. The zero-order valence-corrected chi connectivity index (χ0v) is 13.8. The first-order chi connectivity index (χ1) is 11.0. The second kappa shape index (κ2) is 7.64. The number of hydrogen-bond acceptors (Lipinski definition) is 4. The standard InChI is InChI=1S/C16H14BrNO5/c1-22-11-7-12(17)14(15(19)20)13(8-11)18-16(21)23-9-10-5-3-2-4-6-10/h2-8H,9H2,1H3,(H,18,21)(H,19,20). The fourth-order valence-electron chi connectivity index (χ4n) is 1.88. The third kappa shape index (κ3) is 4.46. The quantitative estimate of drug-likeness (QED) is 0.822. The van der Waals surface area contributed by atoms with Gasteiger partial charge in [0.2, 0.25) is 0 Å². The number of carboxylic acid groups (broad SMARTS) is 1. The SMILES string of the molecule is COc1cc(Br)c(C(=O)O)c(NC(=O)OCc2ccccc2)c1. The number of nitrogens with one attached hydrogen (secondary N) is 1. The number of halogens is 1. The Hall–Kier alpha value is -2.54. The molecule has 2 aromatic carbocycles. The summed E-state index contributed by atoms with van der Waals surface area (Å²) in [5.74, 6) is -0.780. The molecule has 2 aromatic rings. The molecule has 0 unspecified atom stereocenters. The maximum atomic E-state index is 11.9. The van der Waals surface area contributed by atoms with Crippen LogP contribution in [-0.4, -0.2) is 24.3 Å². The summed E-state index contributed by atoms with van der Waals surface area (Å²) in [5.41, 5.74) is 0.831. The summed E-state index contributed by atoms with van der Waals surface area (Å²) in [4.78, 5) is 23.2. The van der Waals surface area contributed by atoms with Crippen molar-refractivity contribution in [2.45, 2.75) is 6.61 Å². The first-order valence-corrected chi connectivity index (χ1v) is 7.39. The zero-order chi connectivity index (χ0) is 16.8. The second-order valence-corrected chi connectivity index (χ2v) is 5.38. The molecular formula is C16H14BrNO5. The van der Waals surface area contributed by atoms with Gasteiger partial charge in [-0.2, -0.15) is 0 Å². The average molecular weight is 380 g/mol. The third-order valence-corrected chi connectivity index (χ3v) is 3.59. The minimum absolute atomic E-state index is 0.0811. The van der Waals surface area contributed by atoms with Crippen molar-refractivity contribution in [1.29, 1.82) is 0 Å². The predicted molar refractivity (Wildman–Crippen MR) is 87.9 cm³/mol. The molecule has 0 spiro atoms. The van der Waals surface area contributed by atoms with Crippen LogP contribution >= 0.6 is 15.9 Å². The van der Waals surface area contributed by atoms with Gasteiger partial charge in [0.15, 0.2) is 0 Å². The molecule has 0 aliphatic heterocycles. The molecule has 0 bridgehead atoms. The van der Waals surface area contributed by atoms with Crippen LogP contribution in [0.5, 0.6) is 5.75 Å². The van der Waals surface area contributed by atoms with E-state index >= 15 is 0 Å². The second-order valence-electron chi connectivity index (χ2n) is 4.52. The van der Waals surface area contributed by atoms with Gasteiger partial charge in [-0.3, -0.25) is 5.32 Å². The Kier molecular flexibility index (Phi) is 5.59. The molecule has 0 aliphatic carbocycles. The Labute approximate surface area is 141 Å². The number of benzene rings is 2. The van der Waals surface area contributed by atoms with Gasteiger partial charge >= 0.3 is 12.1 Å². The van der Waals surface area contributed by atoms with Gasteiger partial charge in [0, 0.05) is 10.5 Å².